The normalized spacial score (nSPS) is 11.0. The maximum atomic E-state index is 13.0. The highest BCUT2D eigenvalue weighted by Crippen LogP contribution is 2.28. The number of hydrazine groups is 1. The molecule has 1 aromatic carbocycles. The smallest absolute Gasteiger partial charge is 0.267 e. The Kier molecular flexibility index (Phi) is 5.44. The van der Waals surface area contributed by atoms with Crippen LogP contribution in [0.1, 0.15) is 46.3 Å². The molecule has 2 N–H and O–H groups in total. The number of rotatable bonds is 4. The van der Waals surface area contributed by atoms with Gasteiger partial charge in [-0.3, -0.25) is 25.4 Å². The monoisotopic (exact) mass is 414 g/mol. The lowest BCUT2D eigenvalue weighted by molar-refractivity contribution is 0.0845. The van der Waals surface area contributed by atoms with E-state index in [1.807, 2.05) is 45.0 Å². The minimum absolute atomic E-state index is 0.0666. The molecule has 0 unspecified atom stereocenters. The van der Waals surface area contributed by atoms with Crippen molar-refractivity contribution in [2.75, 3.05) is 0 Å². The number of nitrogens with zero attached hydrogens (tertiary/aromatic N) is 4. The Balaban J connectivity index is 1.73. The van der Waals surface area contributed by atoms with Crippen molar-refractivity contribution in [2.24, 2.45) is 0 Å². The molecular formula is C23H22N6O2. The van der Waals surface area contributed by atoms with Crippen molar-refractivity contribution in [3.63, 3.8) is 0 Å². The highest BCUT2D eigenvalue weighted by atomic mass is 16.2. The zero-order valence-electron chi connectivity index (χ0n) is 17.5. The Hall–Kier alpha value is -4.07. The van der Waals surface area contributed by atoms with Crippen LogP contribution in [0.15, 0.2) is 60.9 Å². The molecule has 0 atom stereocenters. The second-order valence-electron chi connectivity index (χ2n) is 7.41. The van der Waals surface area contributed by atoms with Crippen LogP contribution >= 0.6 is 0 Å². The molecule has 0 saturated carbocycles. The molecule has 31 heavy (non-hydrogen) atoms. The number of amides is 2. The number of nitrogens with one attached hydrogen (secondary N) is 2. The van der Waals surface area contributed by atoms with Crippen LogP contribution in [-0.2, 0) is 0 Å². The third kappa shape index (κ3) is 4.00. The van der Waals surface area contributed by atoms with Crippen LogP contribution in [0.4, 0.5) is 0 Å². The van der Waals surface area contributed by atoms with E-state index >= 15 is 0 Å². The molecule has 0 spiro atoms. The maximum Gasteiger partial charge on any atom is 0.288 e. The van der Waals surface area contributed by atoms with Crippen molar-refractivity contribution in [3.05, 3.63) is 77.7 Å². The van der Waals surface area contributed by atoms with Gasteiger partial charge < -0.3 is 0 Å². The van der Waals surface area contributed by atoms with Gasteiger partial charge in [-0.1, -0.05) is 30.3 Å². The number of aromatic nitrogens is 4. The Morgan fingerprint density at radius 2 is 1.74 bits per heavy atom. The summed E-state index contributed by atoms with van der Waals surface area (Å²) in [6.45, 7) is 6.00. The van der Waals surface area contributed by atoms with Gasteiger partial charge in [-0.15, -0.1) is 0 Å². The third-order valence-electron chi connectivity index (χ3n) is 4.91. The van der Waals surface area contributed by atoms with Crippen LogP contribution in [0.5, 0.6) is 0 Å². The topological polar surface area (TPSA) is 102 Å². The van der Waals surface area contributed by atoms with Crippen molar-refractivity contribution >= 4 is 22.8 Å². The molecule has 3 heterocycles. The van der Waals surface area contributed by atoms with E-state index in [9.17, 15) is 9.59 Å². The van der Waals surface area contributed by atoms with Gasteiger partial charge in [0.15, 0.2) is 5.65 Å². The number of pyridine rings is 2. The first-order chi connectivity index (χ1) is 15.0. The molecule has 8 heteroatoms. The fraction of sp³-hybridized carbons (Fsp3) is 0.174. The van der Waals surface area contributed by atoms with Crippen molar-refractivity contribution in [1.82, 2.24) is 30.6 Å². The first kappa shape index (κ1) is 20.2. The van der Waals surface area contributed by atoms with Crippen LogP contribution in [0.3, 0.4) is 0 Å². The van der Waals surface area contributed by atoms with Gasteiger partial charge in [0, 0.05) is 17.8 Å². The van der Waals surface area contributed by atoms with Crippen LogP contribution in [0, 0.1) is 6.92 Å². The largest absolute Gasteiger partial charge is 0.288 e. The molecule has 0 radical (unpaired) electrons. The quantitative estimate of drug-likeness (QED) is 0.498. The molecule has 0 aliphatic carbocycles. The number of aryl methyl sites for hydroxylation is 1. The molecular weight excluding hydrogens is 392 g/mol. The second kappa shape index (κ2) is 8.35. The average molecular weight is 414 g/mol. The van der Waals surface area contributed by atoms with Crippen molar-refractivity contribution in [3.8, 4) is 11.3 Å². The van der Waals surface area contributed by atoms with E-state index in [0.29, 0.717) is 22.3 Å². The number of carbonyl (C=O) groups is 2. The lowest BCUT2D eigenvalue weighted by Gasteiger charge is -2.12. The van der Waals surface area contributed by atoms with E-state index in [1.54, 1.807) is 35.1 Å². The number of hydrogen-bond donors (Lipinski definition) is 2. The minimum Gasteiger partial charge on any atom is -0.267 e. The summed E-state index contributed by atoms with van der Waals surface area (Å²) in [6.07, 6.45) is 3.14. The second-order valence-corrected chi connectivity index (χ2v) is 7.41. The van der Waals surface area contributed by atoms with Gasteiger partial charge in [-0.25, -0.2) is 9.67 Å². The van der Waals surface area contributed by atoms with Crippen LogP contribution < -0.4 is 10.9 Å². The first-order valence-electron chi connectivity index (χ1n) is 9.91. The Bertz CT molecular complexity index is 1260. The standard InChI is InChI=1S/C23H22N6O2/c1-14(2)29-21-18(13-25-29)17(12-20(26-21)16-9-5-4-8-15(16)3)22(30)27-28-23(31)19-10-6-7-11-24-19/h4-14H,1-3H3,(H,27,30)(H,28,31). The number of carbonyl (C=O) groups excluding carboxylic acids is 2. The van der Waals surface area contributed by atoms with Gasteiger partial charge in [0.05, 0.1) is 22.8 Å². The number of hydrogen-bond acceptors (Lipinski definition) is 5. The van der Waals surface area contributed by atoms with Gasteiger partial charge in [-0.2, -0.15) is 5.10 Å². The summed E-state index contributed by atoms with van der Waals surface area (Å²) in [7, 11) is 0. The Labute approximate surface area is 179 Å². The molecule has 0 aliphatic rings. The molecule has 4 aromatic rings. The van der Waals surface area contributed by atoms with E-state index in [4.69, 9.17) is 4.98 Å². The maximum absolute atomic E-state index is 13.0. The Morgan fingerprint density at radius 1 is 1.00 bits per heavy atom. The van der Waals surface area contributed by atoms with E-state index in [1.165, 1.54) is 6.20 Å². The molecule has 0 saturated heterocycles. The minimum atomic E-state index is -0.503. The highest BCUT2D eigenvalue weighted by Gasteiger charge is 2.19. The molecule has 3 aromatic heterocycles. The summed E-state index contributed by atoms with van der Waals surface area (Å²) in [4.78, 5) is 34.1. The SMILES string of the molecule is Cc1ccccc1-c1cc(C(=O)NNC(=O)c2ccccn2)c2cnn(C(C)C)c2n1. The van der Waals surface area contributed by atoms with Gasteiger partial charge in [0.1, 0.15) is 5.69 Å². The lowest BCUT2D eigenvalue weighted by Crippen LogP contribution is -2.42. The summed E-state index contributed by atoms with van der Waals surface area (Å²) in [5.74, 6) is -0.967. The summed E-state index contributed by atoms with van der Waals surface area (Å²) in [5, 5.41) is 5.02. The fourth-order valence-electron chi connectivity index (χ4n) is 3.32. The van der Waals surface area contributed by atoms with Crippen LogP contribution in [-0.4, -0.2) is 31.6 Å². The molecule has 156 valence electrons. The summed E-state index contributed by atoms with van der Waals surface area (Å²) < 4.78 is 1.78. The van der Waals surface area contributed by atoms with Crippen LogP contribution in [0.25, 0.3) is 22.3 Å². The van der Waals surface area contributed by atoms with Crippen molar-refractivity contribution < 1.29 is 9.59 Å². The molecule has 2 amide bonds. The van der Waals surface area contributed by atoms with E-state index < -0.39 is 11.8 Å². The van der Waals surface area contributed by atoms with Gasteiger partial charge >= 0.3 is 0 Å². The van der Waals surface area contributed by atoms with Crippen molar-refractivity contribution in [1.29, 1.82) is 0 Å². The molecule has 8 nitrogen and oxygen atoms in total. The fourth-order valence-corrected chi connectivity index (χ4v) is 3.32. The average Bonchev–Trinajstić information content (AvgIpc) is 3.22. The molecule has 0 bridgehead atoms. The first-order valence-corrected chi connectivity index (χ1v) is 9.91. The summed E-state index contributed by atoms with van der Waals surface area (Å²) in [5.41, 5.74) is 8.70. The van der Waals surface area contributed by atoms with Gasteiger partial charge in [0.25, 0.3) is 11.8 Å². The van der Waals surface area contributed by atoms with E-state index in [0.717, 1.165) is 11.1 Å². The van der Waals surface area contributed by atoms with Crippen LogP contribution in [0.2, 0.25) is 0 Å². The molecule has 0 aliphatic heterocycles. The zero-order chi connectivity index (χ0) is 22.0. The summed E-state index contributed by atoms with van der Waals surface area (Å²) >= 11 is 0. The zero-order valence-corrected chi connectivity index (χ0v) is 17.5. The van der Waals surface area contributed by atoms with E-state index in [2.05, 4.69) is 20.9 Å². The van der Waals surface area contributed by atoms with Crippen molar-refractivity contribution in [2.45, 2.75) is 26.8 Å². The van der Waals surface area contributed by atoms with E-state index in [-0.39, 0.29) is 11.7 Å². The predicted octanol–water partition coefficient (Wildman–Crippen LogP) is 3.46. The molecule has 0 fully saturated rings. The Morgan fingerprint density at radius 3 is 2.45 bits per heavy atom. The number of benzene rings is 1. The third-order valence-corrected chi connectivity index (χ3v) is 4.91. The number of fused-ring (bicyclic) bond motifs is 1. The highest BCUT2D eigenvalue weighted by molar-refractivity contribution is 6.07. The molecule has 4 rings (SSSR count). The predicted molar refractivity (Wildman–Crippen MR) is 117 cm³/mol. The van der Waals surface area contributed by atoms with Gasteiger partial charge in [-0.05, 0) is 44.5 Å². The summed E-state index contributed by atoms with van der Waals surface area (Å²) in [6, 6.07) is 14.6. The van der Waals surface area contributed by atoms with Gasteiger partial charge in [0.2, 0.25) is 0 Å². The lowest BCUT2D eigenvalue weighted by atomic mass is 10.0.